The first-order chi connectivity index (χ1) is 26.2. The molecule has 0 N–H and O–H groups in total. The molecule has 0 bridgehead atoms. The van der Waals surface area contributed by atoms with E-state index in [1.165, 1.54) is 120 Å². The molecular formula is C47H70N4O2. The molecule has 53 heavy (non-hydrogen) atoms. The maximum Gasteiger partial charge on any atom is 0.159 e. The Hall–Kier alpha value is -3.80. The molecule has 0 aliphatic rings. The second-order valence-corrected chi connectivity index (χ2v) is 14.4. The number of benzene rings is 2. The molecule has 0 unspecified atom stereocenters. The van der Waals surface area contributed by atoms with Crippen molar-refractivity contribution < 1.29 is 9.47 Å². The summed E-state index contributed by atoms with van der Waals surface area (Å²) in [6, 6.07) is 17.2. The van der Waals surface area contributed by atoms with Crippen LogP contribution in [0.25, 0.3) is 22.8 Å². The normalized spacial score (nSPS) is 10.9. The monoisotopic (exact) mass is 723 g/mol. The van der Waals surface area contributed by atoms with Crippen molar-refractivity contribution in [2.24, 2.45) is 0 Å². The van der Waals surface area contributed by atoms with Crippen LogP contribution in [0, 0.1) is 0 Å². The van der Waals surface area contributed by atoms with E-state index in [1.807, 2.05) is 0 Å². The Balaban J connectivity index is 0.000000286. The molecule has 0 aliphatic carbocycles. The summed E-state index contributed by atoms with van der Waals surface area (Å²) >= 11 is 0. The summed E-state index contributed by atoms with van der Waals surface area (Å²) in [5, 5.41) is 0. The largest absolute Gasteiger partial charge is 0.490 e. The molecule has 0 atom stereocenters. The number of aromatic nitrogens is 4. The fraction of sp³-hybridized carbons (Fsp3) is 0.574. The molecule has 0 spiro atoms. The van der Waals surface area contributed by atoms with Gasteiger partial charge >= 0.3 is 0 Å². The van der Waals surface area contributed by atoms with E-state index >= 15 is 0 Å². The summed E-state index contributed by atoms with van der Waals surface area (Å²) in [6.07, 6.45) is 33.8. The van der Waals surface area contributed by atoms with E-state index in [-0.39, 0.29) is 0 Å². The topological polar surface area (TPSA) is 70.0 Å². The standard InChI is InChI=1S/C24H36N2O.C23H34N2O/c1-3-5-7-8-9-10-12-18-27-23-19-25-24(26-20-23)22-16-14-21(15-17-22)13-11-6-4-2;1-3-5-7-8-9-10-11-17-26-22-18-24-23(25-19-22)21-15-13-20(14-16-21)12-6-4-2/h14-17,19-20H,3-13,18H2,1-2H3;13-16,18-19H,3-12,17H2,1-2H3. The third-order valence-electron chi connectivity index (χ3n) is 9.60. The molecule has 0 radical (unpaired) electrons. The van der Waals surface area contributed by atoms with Gasteiger partial charge in [0.2, 0.25) is 0 Å². The average molecular weight is 723 g/mol. The predicted molar refractivity (Wildman–Crippen MR) is 224 cm³/mol. The summed E-state index contributed by atoms with van der Waals surface area (Å²) in [7, 11) is 0. The van der Waals surface area contributed by atoms with Crippen LogP contribution in [0.3, 0.4) is 0 Å². The van der Waals surface area contributed by atoms with Gasteiger partial charge in [0.25, 0.3) is 0 Å². The smallest absolute Gasteiger partial charge is 0.159 e. The van der Waals surface area contributed by atoms with Gasteiger partial charge in [-0.1, -0.05) is 173 Å². The molecule has 2 heterocycles. The van der Waals surface area contributed by atoms with E-state index in [0.29, 0.717) is 0 Å². The van der Waals surface area contributed by atoms with Crippen LogP contribution >= 0.6 is 0 Å². The fourth-order valence-corrected chi connectivity index (χ4v) is 6.18. The highest BCUT2D eigenvalue weighted by Crippen LogP contribution is 2.20. The first kappa shape index (κ1) is 43.6. The van der Waals surface area contributed by atoms with Gasteiger partial charge in [-0.2, -0.15) is 0 Å². The van der Waals surface area contributed by atoms with Crippen molar-refractivity contribution in [3.63, 3.8) is 0 Å². The second kappa shape index (κ2) is 28.7. The Morgan fingerprint density at radius 1 is 0.358 bits per heavy atom. The maximum absolute atomic E-state index is 5.77. The van der Waals surface area contributed by atoms with E-state index in [2.05, 4.69) is 96.2 Å². The molecule has 0 aliphatic heterocycles. The zero-order valence-corrected chi connectivity index (χ0v) is 33.8. The number of hydrogen-bond donors (Lipinski definition) is 0. The molecule has 2 aromatic carbocycles. The van der Waals surface area contributed by atoms with E-state index in [9.17, 15) is 0 Å². The van der Waals surface area contributed by atoms with Crippen LogP contribution in [-0.2, 0) is 12.8 Å². The highest BCUT2D eigenvalue weighted by Gasteiger charge is 2.05. The Morgan fingerprint density at radius 2 is 0.679 bits per heavy atom. The highest BCUT2D eigenvalue weighted by atomic mass is 16.5. The van der Waals surface area contributed by atoms with Crippen molar-refractivity contribution in [1.29, 1.82) is 0 Å². The zero-order chi connectivity index (χ0) is 37.6. The molecular weight excluding hydrogens is 653 g/mol. The van der Waals surface area contributed by atoms with Crippen LogP contribution in [0.1, 0.15) is 161 Å². The Bertz CT molecular complexity index is 1420. The van der Waals surface area contributed by atoms with E-state index < -0.39 is 0 Å². The molecule has 0 saturated carbocycles. The molecule has 4 rings (SSSR count). The van der Waals surface area contributed by atoms with Crippen LogP contribution in [0.5, 0.6) is 11.5 Å². The van der Waals surface area contributed by atoms with Gasteiger partial charge in [-0.15, -0.1) is 0 Å². The van der Waals surface area contributed by atoms with Crippen LogP contribution in [-0.4, -0.2) is 33.1 Å². The Labute approximate surface area is 323 Å². The lowest BCUT2D eigenvalue weighted by molar-refractivity contribution is 0.302. The van der Waals surface area contributed by atoms with Gasteiger partial charge in [0, 0.05) is 11.1 Å². The number of ether oxygens (including phenoxy) is 2. The van der Waals surface area contributed by atoms with Crippen molar-refractivity contribution >= 4 is 0 Å². The molecule has 6 nitrogen and oxygen atoms in total. The summed E-state index contributed by atoms with van der Waals surface area (Å²) in [5.41, 5.74) is 4.89. The number of aryl methyl sites for hydroxylation is 2. The van der Waals surface area contributed by atoms with E-state index in [1.54, 1.807) is 24.8 Å². The summed E-state index contributed by atoms with van der Waals surface area (Å²) in [4.78, 5) is 17.8. The SMILES string of the molecule is CCCCCCCCCOc1cnc(-c2ccc(CCCC)cc2)nc1.CCCCCCCCCOc1cnc(-c2ccc(CCCCC)cc2)nc1. The Kier molecular flexibility index (Phi) is 23.6. The van der Waals surface area contributed by atoms with Gasteiger partial charge in [0.15, 0.2) is 23.1 Å². The third-order valence-corrected chi connectivity index (χ3v) is 9.60. The highest BCUT2D eigenvalue weighted by molar-refractivity contribution is 5.56. The predicted octanol–water partition coefficient (Wildman–Crippen LogP) is 13.6. The van der Waals surface area contributed by atoms with Crippen molar-refractivity contribution in [3.05, 3.63) is 84.4 Å². The summed E-state index contributed by atoms with van der Waals surface area (Å²) in [6.45, 7) is 10.5. The van der Waals surface area contributed by atoms with Crippen LogP contribution < -0.4 is 9.47 Å². The maximum atomic E-state index is 5.77. The lowest BCUT2D eigenvalue weighted by Crippen LogP contribution is -1.99. The van der Waals surface area contributed by atoms with Crippen LogP contribution in [0.15, 0.2) is 73.3 Å². The van der Waals surface area contributed by atoms with E-state index in [0.717, 1.165) is 73.2 Å². The summed E-state index contributed by atoms with van der Waals surface area (Å²) < 4.78 is 11.5. The summed E-state index contributed by atoms with van der Waals surface area (Å²) in [5.74, 6) is 3.05. The molecule has 4 aromatic rings. The minimum absolute atomic E-state index is 0.753. The number of nitrogens with zero attached hydrogens (tertiary/aromatic N) is 4. The lowest BCUT2D eigenvalue weighted by atomic mass is 10.1. The minimum Gasteiger partial charge on any atom is -0.490 e. The first-order valence-electron chi connectivity index (χ1n) is 21.2. The van der Waals surface area contributed by atoms with Gasteiger partial charge in [0.1, 0.15) is 0 Å². The van der Waals surface area contributed by atoms with Crippen molar-refractivity contribution in [2.45, 2.75) is 163 Å². The zero-order valence-electron chi connectivity index (χ0n) is 33.8. The Morgan fingerprint density at radius 3 is 1.06 bits per heavy atom. The number of rotatable bonds is 27. The van der Waals surface area contributed by atoms with Crippen molar-refractivity contribution in [3.8, 4) is 34.3 Å². The van der Waals surface area contributed by atoms with Gasteiger partial charge in [-0.3, -0.25) is 0 Å². The second-order valence-electron chi connectivity index (χ2n) is 14.4. The van der Waals surface area contributed by atoms with Crippen LogP contribution in [0.2, 0.25) is 0 Å². The van der Waals surface area contributed by atoms with E-state index in [4.69, 9.17) is 9.47 Å². The first-order valence-corrected chi connectivity index (χ1v) is 21.2. The quantitative estimate of drug-likeness (QED) is 0.0571. The van der Waals surface area contributed by atoms with Crippen molar-refractivity contribution in [2.75, 3.05) is 13.2 Å². The average Bonchev–Trinajstić information content (AvgIpc) is 3.20. The van der Waals surface area contributed by atoms with Crippen molar-refractivity contribution in [1.82, 2.24) is 19.9 Å². The molecule has 6 heteroatoms. The fourth-order valence-electron chi connectivity index (χ4n) is 6.18. The molecule has 0 amide bonds. The molecule has 0 saturated heterocycles. The van der Waals surface area contributed by atoms with Gasteiger partial charge in [-0.25, -0.2) is 19.9 Å². The number of hydrogen-bond acceptors (Lipinski definition) is 6. The lowest BCUT2D eigenvalue weighted by Gasteiger charge is -2.07. The molecule has 290 valence electrons. The molecule has 0 fully saturated rings. The minimum atomic E-state index is 0.753. The molecule has 2 aromatic heterocycles. The van der Waals surface area contributed by atoms with Crippen LogP contribution in [0.4, 0.5) is 0 Å². The van der Waals surface area contributed by atoms with Gasteiger partial charge in [-0.05, 0) is 49.7 Å². The van der Waals surface area contributed by atoms with Gasteiger partial charge in [0.05, 0.1) is 38.0 Å². The number of unbranched alkanes of at least 4 members (excludes halogenated alkanes) is 15. The third kappa shape index (κ3) is 19.2. The van der Waals surface area contributed by atoms with Gasteiger partial charge < -0.3 is 9.47 Å².